The van der Waals surface area contributed by atoms with Gasteiger partial charge in [0.2, 0.25) is 5.91 Å². The summed E-state index contributed by atoms with van der Waals surface area (Å²) in [6, 6.07) is 0.160. The Morgan fingerprint density at radius 3 is 2.60 bits per heavy atom. The molecule has 0 radical (unpaired) electrons. The van der Waals surface area contributed by atoms with Crippen LogP contribution in [0.4, 0.5) is 0 Å². The van der Waals surface area contributed by atoms with Crippen molar-refractivity contribution in [1.29, 1.82) is 0 Å². The third-order valence-electron chi connectivity index (χ3n) is 2.89. The molecular formula is C11H22N2O2. The first-order valence-electron chi connectivity index (χ1n) is 5.51. The lowest BCUT2D eigenvalue weighted by Gasteiger charge is -2.30. The van der Waals surface area contributed by atoms with Gasteiger partial charge >= 0.3 is 0 Å². The summed E-state index contributed by atoms with van der Waals surface area (Å²) in [6.45, 7) is 7.70. The van der Waals surface area contributed by atoms with Crippen LogP contribution in [0.5, 0.6) is 0 Å². The van der Waals surface area contributed by atoms with Crippen molar-refractivity contribution in [2.24, 2.45) is 5.92 Å². The summed E-state index contributed by atoms with van der Waals surface area (Å²) in [7, 11) is 1.70. The molecule has 0 spiro atoms. The number of carbonyl (C=O) groups is 1. The summed E-state index contributed by atoms with van der Waals surface area (Å²) in [6.07, 6.45) is 0.829. The highest BCUT2D eigenvalue weighted by Crippen LogP contribution is 2.15. The minimum absolute atomic E-state index is 0.160. The standard InChI is InChI=1S/C11H22N2O2/c1-8(5-11(2,3)15-4)13-10(14)9-6-12-7-9/h8-9,12H,5-7H2,1-4H3,(H,13,14). The van der Waals surface area contributed by atoms with Gasteiger partial charge in [0.25, 0.3) is 0 Å². The van der Waals surface area contributed by atoms with Crippen LogP contribution in [-0.4, -0.2) is 37.7 Å². The molecule has 0 bridgehead atoms. The highest BCUT2D eigenvalue weighted by Gasteiger charge is 2.27. The number of methoxy groups -OCH3 is 1. The van der Waals surface area contributed by atoms with E-state index < -0.39 is 0 Å². The van der Waals surface area contributed by atoms with Gasteiger partial charge < -0.3 is 15.4 Å². The normalized spacial score (nSPS) is 19.5. The van der Waals surface area contributed by atoms with Crippen LogP contribution >= 0.6 is 0 Å². The molecule has 15 heavy (non-hydrogen) atoms. The van der Waals surface area contributed by atoms with Gasteiger partial charge in [-0.3, -0.25) is 4.79 Å². The first-order valence-corrected chi connectivity index (χ1v) is 5.51. The maximum atomic E-state index is 11.6. The second kappa shape index (κ2) is 4.94. The summed E-state index contributed by atoms with van der Waals surface area (Å²) >= 11 is 0. The van der Waals surface area contributed by atoms with E-state index in [2.05, 4.69) is 10.6 Å². The van der Waals surface area contributed by atoms with E-state index in [0.29, 0.717) is 0 Å². The molecule has 1 fully saturated rings. The van der Waals surface area contributed by atoms with E-state index in [-0.39, 0.29) is 23.5 Å². The lowest BCUT2D eigenvalue weighted by atomic mass is 9.98. The number of carbonyl (C=O) groups excluding carboxylic acids is 1. The van der Waals surface area contributed by atoms with Crippen LogP contribution in [0, 0.1) is 5.92 Å². The van der Waals surface area contributed by atoms with Crippen molar-refractivity contribution in [3.05, 3.63) is 0 Å². The van der Waals surface area contributed by atoms with Gasteiger partial charge in [0.05, 0.1) is 11.5 Å². The largest absolute Gasteiger partial charge is 0.379 e. The minimum Gasteiger partial charge on any atom is -0.379 e. The van der Waals surface area contributed by atoms with Crippen molar-refractivity contribution in [3.8, 4) is 0 Å². The highest BCUT2D eigenvalue weighted by molar-refractivity contribution is 5.80. The molecule has 1 aliphatic rings. The van der Waals surface area contributed by atoms with Crippen LogP contribution in [0.15, 0.2) is 0 Å². The monoisotopic (exact) mass is 214 g/mol. The third kappa shape index (κ3) is 3.80. The molecule has 0 saturated carbocycles. The van der Waals surface area contributed by atoms with Crippen molar-refractivity contribution < 1.29 is 9.53 Å². The molecule has 0 aromatic carbocycles. The van der Waals surface area contributed by atoms with Crippen LogP contribution in [0.3, 0.4) is 0 Å². The summed E-state index contributed by atoms with van der Waals surface area (Å²) < 4.78 is 5.33. The van der Waals surface area contributed by atoms with E-state index >= 15 is 0 Å². The lowest BCUT2D eigenvalue weighted by Crippen LogP contribution is -2.53. The first-order chi connectivity index (χ1) is 6.94. The Hall–Kier alpha value is -0.610. The van der Waals surface area contributed by atoms with E-state index in [1.165, 1.54) is 0 Å². The van der Waals surface area contributed by atoms with E-state index in [4.69, 9.17) is 4.74 Å². The summed E-state index contributed by atoms with van der Waals surface area (Å²) in [5.74, 6) is 0.325. The Kier molecular flexibility index (Phi) is 4.11. The molecule has 2 N–H and O–H groups in total. The topological polar surface area (TPSA) is 50.4 Å². The van der Waals surface area contributed by atoms with E-state index in [1.54, 1.807) is 7.11 Å². The average molecular weight is 214 g/mol. The summed E-state index contributed by atoms with van der Waals surface area (Å²) in [5, 5.41) is 6.10. The van der Waals surface area contributed by atoms with E-state index in [0.717, 1.165) is 19.5 Å². The molecule has 1 unspecified atom stereocenters. The van der Waals surface area contributed by atoms with Gasteiger partial charge in [0, 0.05) is 26.2 Å². The molecule has 0 aliphatic carbocycles. The predicted octanol–water partition coefficient (Wildman–Crippen LogP) is 0.526. The van der Waals surface area contributed by atoms with Gasteiger partial charge in [-0.25, -0.2) is 0 Å². The molecule has 0 aromatic heterocycles. The van der Waals surface area contributed by atoms with Crippen LogP contribution < -0.4 is 10.6 Å². The zero-order chi connectivity index (χ0) is 11.5. The summed E-state index contributed by atoms with van der Waals surface area (Å²) in [4.78, 5) is 11.6. The van der Waals surface area contributed by atoms with Gasteiger partial charge in [0.1, 0.15) is 0 Å². The molecular weight excluding hydrogens is 192 g/mol. The molecule has 1 atom stereocenters. The van der Waals surface area contributed by atoms with Gasteiger partial charge in [-0.05, 0) is 27.2 Å². The van der Waals surface area contributed by atoms with Gasteiger partial charge in [0.15, 0.2) is 0 Å². The number of hydrogen-bond acceptors (Lipinski definition) is 3. The smallest absolute Gasteiger partial charge is 0.225 e. The fourth-order valence-corrected chi connectivity index (χ4v) is 1.71. The minimum atomic E-state index is -0.176. The Labute approximate surface area is 91.8 Å². The molecule has 1 saturated heterocycles. The van der Waals surface area contributed by atoms with Gasteiger partial charge in [-0.2, -0.15) is 0 Å². The van der Waals surface area contributed by atoms with Crippen molar-refractivity contribution >= 4 is 5.91 Å². The number of amides is 1. The molecule has 1 aliphatic heterocycles. The Morgan fingerprint density at radius 1 is 1.60 bits per heavy atom. The van der Waals surface area contributed by atoms with Crippen molar-refractivity contribution in [2.45, 2.75) is 38.8 Å². The SMILES string of the molecule is COC(C)(C)CC(C)NC(=O)C1CNC1. The number of nitrogens with one attached hydrogen (secondary N) is 2. The second-order valence-electron chi connectivity index (χ2n) is 4.93. The van der Waals surface area contributed by atoms with E-state index in [1.807, 2.05) is 20.8 Å². The van der Waals surface area contributed by atoms with Gasteiger partial charge in [-0.15, -0.1) is 0 Å². The molecule has 1 heterocycles. The maximum absolute atomic E-state index is 11.6. The molecule has 0 aromatic rings. The summed E-state index contributed by atoms with van der Waals surface area (Å²) in [5.41, 5.74) is -0.176. The predicted molar refractivity (Wildman–Crippen MR) is 59.7 cm³/mol. The Bertz CT molecular complexity index is 225. The molecule has 4 heteroatoms. The Balaban J connectivity index is 2.28. The fourth-order valence-electron chi connectivity index (χ4n) is 1.71. The highest BCUT2D eigenvalue weighted by atomic mass is 16.5. The van der Waals surface area contributed by atoms with Crippen molar-refractivity contribution in [1.82, 2.24) is 10.6 Å². The van der Waals surface area contributed by atoms with Crippen molar-refractivity contribution in [3.63, 3.8) is 0 Å². The molecule has 1 amide bonds. The lowest BCUT2D eigenvalue weighted by molar-refractivity contribution is -0.127. The van der Waals surface area contributed by atoms with E-state index in [9.17, 15) is 4.79 Å². The Morgan fingerprint density at radius 2 is 2.20 bits per heavy atom. The zero-order valence-corrected chi connectivity index (χ0v) is 10.1. The van der Waals surface area contributed by atoms with Gasteiger partial charge in [-0.1, -0.05) is 0 Å². The molecule has 4 nitrogen and oxygen atoms in total. The van der Waals surface area contributed by atoms with Crippen LogP contribution in [-0.2, 0) is 9.53 Å². The number of hydrogen-bond donors (Lipinski definition) is 2. The van der Waals surface area contributed by atoms with Crippen LogP contribution in [0.25, 0.3) is 0 Å². The number of rotatable bonds is 5. The first kappa shape index (κ1) is 12.5. The average Bonchev–Trinajstić information content (AvgIpc) is 1.99. The molecule has 1 rings (SSSR count). The fraction of sp³-hybridized carbons (Fsp3) is 0.909. The zero-order valence-electron chi connectivity index (χ0n) is 10.1. The molecule has 88 valence electrons. The number of ether oxygens (including phenoxy) is 1. The maximum Gasteiger partial charge on any atom is 0.225 e. The van der Waals surface area contributed by atoms with Crippen LogP contribution in [0.2, 0.25) is 0 Å². The third-order valence-corrected chi connectivity index (χ3v) is 2.89. The second-order valence-corrected chi connectivity index (χ2v) is 4.93. The van der Waals surface area contributed by atoms with Crippen LogP contribution in [0.1, 0.15) is 27.2 Å². The quantitative estimate of drug-likeness (QED) is 0.701. The van der Waals surface area contributed by atoms with Crippen molar-refractivity contribution in [2.75, 3.05) is 20.2 Å².